The number of aryl methyl sites for hydroxylation is 2. The normalized spacial score (nSPS) is 13.5. The molecule has 0 bridgehead atoms. The van der Waals surface area contributed by atoms with E-state index in [2.05, 4.69) is 10.3 Å². The molecule has 0 aliphatic rings. The Morgan fingerprint density at radius 2 is 1.78 bits per heavy atom. The number of rotatable bonds is 8. The summed E-state index contributed by atoms with van der Waals surface area (Å²) in [5.74, 6) is -0.926. The van der Waals surface area contributed by atoms with E-state index in [1.165, 1.54) is 18.3 Å². The molecule has 0 unspecified atom stereocenters. The monoisotopic (exact) mass is 445 g/mol. The van der Waals surface area contributed by atoms with Crippen LogP contribution in [0.4, 0.5) is 17.6 Å². The number of primary amides is 1. The van der Waals surface area contributed by atoms with Gasteiger partial charge in [-0.05, 0) is 54.2 Å². The molecule has 0 fully saturated rings. The molecule has 8 heteroatoms. The number of carbonyl (C=O) groups excluding carboxylic acids is 1. The van der Waals surface area contributed by atoms with E-state index in [-0.39, 0.29) is 5.82 Å². The lowest BCUT2D eigenvalue weighted by Gasteiger charge is -2.25. The predicted molar refractivity (Wildman–Crippen MR) is 113 cm³/mol. The maximum absolute atomic E-state index is 13.8. The largest absolute Gasteiger partial charge is 0.433 e. The average Bonchev–Trinajstić information content (AvgIpc) is 2.76. The van der Waals surface area contributed by atoms with Crippen LogP contribution in [0.25, 0.3) is 0 Å². The van der Waals surface area contributed by atoms with Crippen molar-refractivity contribution in [2.75, 3.05) is 0 Å². The van der Waals surface area contributed by atoms with Crippen molar-refractivity contribution in [3.05, 3.63) is 101 Å². The molecule has 1 aromatic heterocycles. The minimum absolute atomic E-state index is 0.353. The summed E-state index contributed by atoms with van der Waals surface area (Å²) in [5.41, 5.74) is 7.16. The van der Waals surface area contributed by atoms with Gasteiger partial charge < -0.3 is 5.73 Å². The second kappa shape index (κ2) is 9.91. The van der Waals surface area contributed by atoms with Crippen molar-refractivity contribution in [2.24, 2.45) is 5.73 Å². The van der Waals surface area contributed by atoms with Crippen LogP contribution in [-0.4, -0.2) is 10.9 Å². The van der Waals surface area contributed by atoms with E-state index in [1.54, 1.807) is 43.3 Å². The Hall–Kier alpha value is -3.26. The van der Waals surface area contributed by atoms with Gasteiger partial charge in [0, 0.05) is 12.2 Å². The summed E-state index contributed by atoms with van der Waals surface area (Å²) in [4.78, 5) is 15.7. The molecule has 32 heavy (non-hydrogen) atoms. The fourth-order valence-corrected chi connectivity index (χ4v) is 3.47. The van der Waals surface area contributed by atoms with Crippen molar-refractivity contribution < 1.29 is 22.4 Å². The third kappa shape index (κ3) is 5.91. The molecule has 0 saturated carbocycles. The lowest BCUT2D eigenvalue weighted by atomic mass is 9.95. The first-order chi connectivity index (χ1) is 15.1. The zero-order valence-electron chi connectivity index (χ0n) is 17.4. The Bertz CT molecular complexity index is 1050. The van der Waals surface area contributed by atoms with Crippen LogP contribution >= 0.6 is 0 Å². The van der Waals surface area contributed by atoms with E-state index >= 15 is 0 Å². The van der Waals surface area contributed by atoms with Crippen molar-refractivity contribution in [1.82, 2.24) is 10.3 Å². The Kier molecular flexibility index (Phi) is 7.25. The van der Waals surface area contributed by atoms with E-state index < -0.39 is 29.9 Å². The van der Waals surface area contributed by atoms with Crippen LogP contribution in [-0.2, 0) is 17.4 Å². The van der Waals surface area contributed by atoms with Crippen LogP contribution in [0.3, 0.4) is 0 Å². The lowest BCUT2D eigenvalue weighted by Crippen LogP contribution is -2.36. The number of pyridine rings is 1. The van der Waals surface area contributed by atoms with Crippen molar-refractivity contribution in [1.29, 1.82) is 0 Å². The summed E-state index contributed by atoms with van der Waals surface area (Å²) in [6.45, 7) is 1.64. The van der Waals surface area contributed by atoms with Crippen molar-refractivity contribution in [3.63, 3.8) is 0 Å². The highest BCUT2D eigenvalue weighted by molar-refractivity contribution is 5.81. The number of amides is 1. The van der Waals surface area contributed by atoms with Crippen molar-refractivity contribution in [3.8, 4) is 0 Å². The van der Waals surface area contributed by atoms with Crippen LogP contribution in [0.5, 0.6) is 0 Å². The predicted octanol–water partition coefficient (Wildman–Crippen LogP) is 5.04. The summed E-state index contributed by atoms with van der Waals surface area (Å²) < 4.78 is 52.1. The molecule has 0 aliphatic carbocycles. The number of hydrogen-bond acceptors (Lipinski definition) is 3. The van der Waals surface area contributed by atoms with Crippen molar-refractivity contribution in [2.45, 2.75) is 38.0 Å². The van der Waals surface area contributed by atoms with Gasteiger partial charge in [0.05, 0.1) is 0 Å². The quantitative estimate of drug-likeness (QED) is 0.478. The Balaban J connectivity index is 1.85. The number of nitrogens with two attached hydrogens (primary N) is 1. The van der Waals surface area contributed by atoms with E-state index in [0.717, 1.165) is 11.6 Å². The molecule has 3 N–H and O–H groups in total. The maximum Gasteiger partial charge on any atom is 0.433 e. The van der Waals surface area contributed by atoms with Gasteiger partial charge in [0.25, 0.3) is 0 Å². The standard InChI is InChI=1S/C24H23F4N3O/c1-15-13-18(9-10-19(15)25)20(31-22(23(29)32)17-5-3-2-4-6-17)11-7-16-8-12-21(30-14-16)24(26,27)28/h2-6,8-10,12-14,20,22,31H,7,11H2,1H3,(H2,29,32)/t20-,22+/m0/s1. The Morgan fingerprint density at radius 1 is 1.06 bits per heavy atom. The Morgan fingerprint density at radius 3 is 2.34 bits per heavy atom. The highest BCUT2D eigenvalue weighted by atomic mass is 19.4. The molecule has 3 rings (SSSR count). The number of hydrogen-bond donors (Lipinski definition) is 2. The second-order valence-electron chi connectivity index (χ2n) is 7.56. The maximum atomic E-state index is 13.8. The van der Waals surface area contributed by atoms with Crippen LogP contribution in [0.1, 0.15) is 46.5 Å². The zero-order chi connectivity index (χ0) is 23.3. The molecular formula is C24H23F4N3O. The van der Waals surface area contributed by atoms with Crippen LogP contribution in [0.2, 0.25) is 0 Å². The minimum atomic E-state index is -4.50. The molecule has 2 aromatic carbocycles. The molecule has 0 aliphatic heterocycles. The third-order valence-electron chi connectivity index (χ3n) is 5.21. The average molecular weight is 445 g/mol. The summed E-state index contributed by atoms with van der Waals surface area (Å²) >= 11 is 0. The molecule has 3 aromatic rings. The van der Waals surface area contributed by atoms with Crippen LogP contribution in [0, 0.1) is 12.7 Å². The summed E-state index contributed by atoms with van der Waals surface area (Å²) in [6.07, 6.45) is -2.49. The molecule has 168 valence electrons. The van der Waals surface area contributed by atoms with Gasteiger partial charge in [-0.15, -0.1) is 0 Å². The summed E-state index contributed by atoms with van der Waals surface area (Å²) in [7, 11) is 0. The number of carbonyl (C=O) groups is 1. The fraction of sp³-hybridized carbons (Fsp3) is 0.250. The van der Waals surface area contributed by atoms with Gasteiger partial charge in [-0.25, -0.2) is 4.39 Å². The first-order valence-corrected chi connectivity index (χ1v) is 10.0. The first-order valence-electron chi connectivity index (χ1n) is 10.0. The number of nitrogens with one attached hydrogen (secondary N) is 1. The van der Waals surface area contributed by atoms with Gasteiger partial charge in [-0.1, -0.05) is 48.5 Å². The minimum Gasteiger partial charge on any atom is -0.368 e. The zero-order valence-corrected chi connectivity index (χ0v) is 17.4. The number of nitrogens with zero attached hydrogens (tertiary/aromatic N) is 1. The SMILES string of the molecule is Cc1cc([C@H](CCc2ccc(C(F)(F)F)nc2)N[C@@H](C(N)=O)c2ccccc2)ccc1F. The third-order valence-corrected chi connectivity index (χ3v) is 5.21. The highest BCUT2D eigenvalue weighted by Gasteiger charge is 2.32. The number of alkyl halides is 3. The van der Waals surface area contributed by atoms with Gasteiger partial charge in [0.1, 0.15) is 17.6 Å². The number of aromatic nitrogens is 1. The highest BCUT2D eigenvalue weighted by Crippen LogP contribution is 2.29. The Labute approximate surface area is 183 Å². The van der Waals surface area contributed by atoms with Gasteiger partial charge in [-0.2, -0.15) is 13.2 Å². The molecule has 4 nitrogen and oxygen atoms in total. The molecular weight excluding hydrogens is 422 g/mol. The summed E-state index contributed by atoms with van der Waals surface area (Å²) in [6, 6.07) is 14.7. The topological polar surface area (TPSA) is 68.0 Å². The fourth-order valence-electron chi connectivity index (χ4n) is 3.47. The number of halogens is 4. The van der Waals surface area contributed by atoms with Crippen LogP contribution < -0.4 is 11.1 Å². The smallest absolute Gasteiger partial charge is 0.368 e. The second-order valence-corrected chi connectivity index (χ2v) is 7.56. The van der Waals surface area contributed by atoms with E-state index in [1.807, 2.05) is 6.07 Å². The molecule has 0 spiro atoms. The van der Waals surface area contributed by atoms with E-state index in [4.69, 9.17) is 5.73 Å². The first kappa shape index (κ1) is 23.4. The van der Waals surface area contributed by atoms with Gasteiger partial charge in [-0.3, -0.25) is 15.1 Å². The van der Waals surface area contributed by atoms with E-state index in [0.29, 0.717) is 29.5 Å². The summed E-state index contributed by atoms with van der Waals surface area (Å²) in [5, 5.41) is 3.24. The molecule has 0 saturated heterocycles. The van der Waals surface area contributed by atoms with Crippen molar-refractivity contribution >= 4 is 5.91 Å². The molecule has 1 amide bonds. The van der Waals surface area contributed by atoms with Gasteiger partial charge >= 0.3 is 6.18 Å². The lowest BCUT2D eigenvalue weighted by molar-refractivity contribution is -0.141. The molecule has 0 radical (unpaired) electrons. The molecule has 2 atom stereocenters. The van der Waals surface area contributed by atoms with E-state index in [9.17, 15) is 22.4 Å². The number of benzene rings is 2. The van der Waals surface area contributed by atoms with Crippen LogP contribution in [0.15, 0.2) is 66.9 Å². The van der Waals surface area contributed by atoms with Gasteiger partial charge in [0.15, 0.2) is 0 Å². The van der Waals surface area contributed by atoms with Gasteiger partial charge in [0.2, 0.25) is 5.91 Å². The molecule has 1 heterocycles.